The third-order valence-corrected chi connectivity index (χ3v) is 5.80. The van der Waals surface area contributed by atoms with Gasteiger partial charge in [0.25, 0.3) is 0 Å². The molecule has 2 N–H and O–H groups in total. The van der Waals surface area contributed by atoms with E-state index in [2.05, 4.69) is 10.0 Å². The smallest absolute Gasteiger partial charge is 0.240 e. The number of benzene rings is 1. The van der Waals surface area contributed by atoms with E-state index in [4.69, 9.17) is 4.42 Å². The fourth-order valence-electron chi connectivity index (χ4n) is 2.77. The summed E-state index contributed by atoms with van der Waals surface area (Å²) < 4.78 is 33.0. The second-order valence-electron chi connectivity index (χ2n) is 6.10. The summed E-state index contributed by atoms with van der Waals surface area (Å²) in [6.07, 6.45) is 2.90. The van der Waals surface area contributed by atoms with Gasteiger partial charge < -0.3 is 9.73 Å². The van der Waals surface area contributed by atoms with Crippen LogP contribution < -0.4 is 10.0 Å². The van der Waals surface area contributed by atoms with E-state index in [1.54, 1.807) is 25.3 Å². The molecule has 0 spiro atoms. The average Bonchev–Trinajstić information content (AvgIpc) is 3.14. The third kappa shape index (κ3) is 3.37. The van der Waals surface area contributed by atoms with Crippen molar-refractivity contribution >= 4 is 21.6 Å². The van der Waals surface area contributed by atoms with Gasteiger partial charge in [-0.3, -0.25) is 4.79 Å². The van der Waals surface area contributed by atoms with Crippen molar-refractivity contribution in [1.29, 1.82) is 0 Å². The zero-order valence-electron chi connectivity index (χ0n) is 13.6. The molecule has 1 aromatic carbocycles. The fraction of sp³-hybridized carbons (Fsp3) is 0.353. The van der Waals surface area contributed by atoms with Crippen LogP contribution in [0.3, 0.4) is 0 Å². The van der Waals surface area contributed by atoms with Crippen LogP contribution in [0.5, 0.6) is 0 Å². The molecular weight excluding hydrogens is 328 g/mol. The first-order valence-electron chi connectivity index (χ1n) is 7.86. The lowest BCUT2D eigenvalue weighted by molar-refractivity contribution is -0.116. The predicted molar refractivity (Wildman–Crippen MR) is 90.3 cm³/mol. The van der Waals surface area contributed by atoms with Crippen molar-refractivity contribution in [3.8, 4) is 0 Å². The highest BCUT2D eigenvalue weighted by molar-refractivity contribution is 7.89. The highest BCUT2D eigenvalue weighted by Crippen LogP contribution is 2.33. The normalized spacial score (nSPS) is 18.2. The molecule has 0 bridgehead atoms. The van der Waals surface area contributed by atoms with Gasteiger partial charge in [0.2, 0.25) is 15.9 Å². The van der Waals surface area contributed by atoms with Gasteiger partial charge in [-0.25, -0.2) is 13.1 Å². The number of hydrogen-bond acceptors (Lipinski definition) is 4. The second kappa shape index (κ2) is 6.41. The van der Waals surface area contributed by atoms with Crippen LogP contribution in [0, 0.1) is 0 Å². The van der Waals surface area contributed by atoms with E-state index >= 15 is 0 Å². The van der Waals surface area contributed by atoms with E-state index in [-0.39, 0.29) is 22.8 Å². The van der Waals surface area contributed by atoms with Crippen molar-refractivity contribution in [3.63, 3.8) is 0 Å². The minimum atomic E-state index is -3.63. The van der Waals surface area contributed by atoms with E-state index < -0.39 is 10.0 Å². The van der Waals surface area contributed by atoms with Gasteiger partial charge in [-0.05, 0) is 56.2 Å². The molecule has 7 heteroatoms. The number of furan rings is 1. The molecule has 0 saturated carbocycles. The average molecular weight is 348 g/mol. The molecular formula is C17H20N2O4S. The van der Waals surface area contributed by atoms with E-state index in [0.717, 1.165) is 5.76 Å². The first-order valence-corrected chi connectivity index (χ1v) is 9.34. The molecule has 0 aliphatic carbocycles. The Bertz CT molecular complexity index is 843. The van der Waals surface area contributed by atoms with Gasteiger partial charge in [-0.1, -0.05) is 0 Å². The van der Waals surface area contributed by atoms with Gasteiger partial charge in [0.05, 0.1) is 17.1 Å². The summed E-state index contributed by atoms with van der Waals surface area (Å²) in [6.45, 7) is 3.58. The molecule has 0 fully saturated rings. The van der Waals surface area contributed by atoms with Crippen molar-refractivity contribution < 1.29 is 17.6 Å². The molecule has 3 rings (SSSR count). The van der Waals surface area contributed by atoms with E-state index in [1.807, 2.05) is 19.1 Å². The van der Waals surface area contributed by atoms with Crippen LogP contribution in [0.2, 0.25) is 0 Å². The SMILES string of the molecule is C[C@H](CCc1ccco1)NS(=O)(=O)c1ccc2c(c1)[C@@H](C)C(=O)N2. The Morgan fingerprint density at radius 2 is 2.12 bits per heavy atom. The van der Waals surface area contributed by atoms with Crippen molar-refractivity contribution in [2.24, 2.45) is 0 Å². The predicted octanol–water partition coefficient (Wildman–Crippen LogP) is 2.63. The monoisotopic (exact) mass is 348 g/mol. The van der Waals surface area contributed by atoms with Gasteiger partial charge >= 0.3 is 0 Å². The molecule has 1 aliphatic heterocycles. The van der Waals surface area contributed by atoms with Gasteiger partial charge in [-0.2, -0.15) is 0 Å². The molecule has 2 atom stereocenters. The van der Waals surface area contributed by atoms with Gasteiger partial charge in [0.1, 0.15) is 5.76 Å². The van der Waals surface area contributed by atoms with Crippen molar-refractivity contribution in [3.05, 3.63) is 47.9 Å². The summed E-state index contributed by atoms with van der Waals surface area (Å²) in [7, 11) is -3.63. The van der Waals surface area contributed by atoms with Gasteiger partial charge in [0.15, 0.2) is 0 Å². The zero-order chi connectivity index (χ0) is 17.3. The van der Waals surface area contributed by atoms with Crippen LogP contribution in [0.25, 0.3) is 0 Å². The molecule has 6 nitrogen and oxygen atoms in total. The maximum absolute atomic E-state index is 12.6. The Kier molecular flexibility index (Phi) is 4.47. The number of hydrogen-bond donors (Lipinski definition) is 2. The first kappa shape index (κ1) is 16.7. The number of nitrogens with one attached hydrogen (secondary N) is 2. The molecule has 24 heavy (non-hydrogen) atoms. The standard InChI is InChI=1S/C17H20N2O4S/c1-11(5-6-13-4-3-9-23-13)19-24(21,22)14-7-8-16-15(10-14)12(2)17(20)18-16/h3-4,7-12,19H,5-6H2,1-2H3,(H,18,20)/t11-,12-/m1/s1. The highest BCUT2D eigenvalue weighted by atomic mass is 32.2. The van der Waals surface area contributed by atoms with Crippen LogP contribution in [-0.2, 0) is 21.2 Å². The number of amides is 1. The van der Waals surface area contributed by atoms with Crippen LogP contribution >= 0.6 is 0 Å². The summed E-state index contributed by atoms with van der Waals surface area (Å²) >= 11 is 0. The molecule has 2 aromatic rings. The molecule has 0 unspecified atom stereocenters. The first-order chi connectivity index (χ1) is 11.4. The van der Waals surface area contributed by atoms with Crippen LogP contribution in [-0.4, -0.2) is 20.4 Å². The van der Waals surface area contributed by atoms with Crippen LogP contribution in [0.1, 0.15) is 37.5 Å². The lowest BCUT2D eigenvalue weighted by atomic mass is 10.0. The Labute approximate surface area is 141 Å². The van der Waals surface area contributed by atoms with Gasteiger partial charge in [0, 0.05) is 18.2 Å². The Balaban J connectivity index is 1.70. The lowest BCUT2D eigenvalue weighted by Gasteiger charge is -2.14. The lowest BCUT2D eigenvalue weighted by Crippen LogP contribution is -2.33. The van der Waals surface area contributed by atoms with Crippen molar-refractivity contribution in [2.75, 3.05) is 5.32 Å². The fourth-order valence-corrected chi connectivity index (χ4v) is 4.08. The second-order valence-corrected chi connectivity index (χ2v) is 7.81. The minimum Gasteiger partial charge on any atom is -0.469 e. The maximum atomic E-state index is 12.6. The molecule has 0 radical (unpaired) electrons. The molecule has 0 saturated heterocycles. The number of carbonyl (C=O) groups excluding carboxylic acids is 1. The third-order valence-electron chi connectivity index (χ3n) is 4.21. The summed E-state index contributed by atoms with van der Waals surface area (Å²) in [5.74, 6) is 0.378. The number of aryl methyl sites for hydroxylation is 1. The van der Waals surface area contributed by atoms with Crippen LogP contribution in [0.15, 0.2) is 45.9 Å². The summed E-state index contributed by atoms with van der Waals surface area (Å²) in [5, 5.41) is 2.74. The quantitative estimate of drug-likeness (QED) is 0.840. The maximum Gasteiger partial charge on any atom is 0.240 e. The van der Waals surface area contributed by atoms with Crippen molar-refractivity contribution in [1.82, 2.24) is 4.72 Å². The molecule has 1 amide bonds. The Hall–Kier alpha value is -2.12. The van der Waals surface area contributed by atoms with Crippen LogP contribution in [0.4, 0.5) is 5.69 Å². The largest absolute Gasteiger partial charge is 0.469 e. The Morgan fingerprint density at radius 3 is 2.83 bits per heavy atom. The zero-order valence-corrected chi connectivity index (χ0v) is 14.4. The summed E-state index contributed by atoms with van der Waals surface area (Å²) in [5.41, 5.74) is 1.39. The minimum absolute atomic E-state index is 0.112. The number of fused-ring (bicyclic) bond motifs is 1. The molecule has 2 heterocycles. The molecule has 1 aromatic heterocycles. The van der Waals surface area contributed by atoms with E-state index in [1.165, 1.54) is 6.07 Å². The van der Waals surface area contributed by atoms with E-state index in [9.17, 15) is 13.2 Å². The number of sulfonamides is 1. The van der Waals surface area contributed by atoms with Gasteiger partial charge in [-0.15, -0.1) is 0 Å². The number of anilines is 1. The van der Waals surface area contributed by atoms with Crippen molar-refractivity contribution in [2.45, 2.75) is 43.5 Å². The topological polar surface area (TPSA) is 88.4 Å². The molecule has 1 aliphatic rings. The summed E-state index contributed by atoms with van der Waals surface area (Å²) in [4.78, 5) is 11.9. The number of carbonyl (C=O) groups is 1. The molecule has 128 valence electrons. The van der Waals surface area contributed by atoms with E-state index in [0.29, 0.717) is 24.1 Å². The Morgan fingerprint density at radius 1 is 1.33 bits per heavy atom. The summed E-state index contributed by atoms with van der Waals surface area (Å²) in [6, 6.07) is 8.17. The highest BCUT2D eigenvalue weighted by Gasteiger charge is 2.28. The number of rotatable bonds is 6.